The van der Waals surface area contributed by atoms with Gasteiger partial charge in [0.25, 0.3) is 0 Å². The van der Waals surface area contributed by atoms with Gasteiger partial charge in [0, 0.05) is 32.2 Å². The van der Waals surface area contributed by atoms with Gasteiger partial charge in [0.2, 0.25) is 0 Å². The minimum Gasteiger partial charge on any atom is -0.370 e. The highest BCUT2D eigenvalue weighted by atomic mass is 19.1. The number of nitrogens with two attached hydrogens (primary N) is 2. The highest BCUT2D eigenvalue weighted by molar-refractivity contribution is 5.78. The average Bonchev–Trinajstić information content (AvgIpc) is 3.71. The Balaban J connectivity index is 1.29. The van der Waals surface area contributed by atoms with Crippen LogP contribution < -0.4 is 11.5 Å². The molecule has 1 aliphatic carbocycles. The number of aromatic nitrogens is 3. The molecule has 2 aliphatic heterocycles. The van der Waals surface area contributed by atoms with Gasteiger partial charge in [0.1, 0.15) is 11.6 Å². The fourth-order valence-corrected chi connectivity index (χ4v) is 5.43. The molecular formula is C29H31F2N9. The molecule has 0 spiro atoms. The van der Waals surface area contributed by atoms with Crippen LogP contribution in [-0.2, 0) is 0 Å². The number of guanidine groups is 2. The summed E-state index contributed by atoms with van der Waals surface area (Å²) < 4.78 is 32.9. The number of hydrogen-bond acceptors (Lipinski definition) is 4. The first-order chi connectivity index (χ1) is 19.3. The van der Waals surface area contributed by atoms with Crippen molar-refractivity contribution in [1.82, 2.24) is 24.6 Å². The number of hydrogen-bond donors (Lipinski definition) is 4. The van der Waals surface area contributed by atoms with Gasteiger partial charge in [-0.25, -0.2) is 8.78 Å². The monoisotopic (exact) mass is 543 g/mol. The lowest BCUT2D eigenvalue weighted by Crippen LogP contribution is -2.39. The molecule has 206 valence electrons. The van der Waals surface area contributed by atoms with Gasteiger partial charge in [-0.3, -0.25) is 10.8 Å². The van der Waals surface area contributed by atoms with E-state index in [-0.39, 0.29) is 18.0 Å². The summed E-state index contributed by atoms with van der Waals surface area (Å²) in [6.45, 7) is 2.27. The molecule has 6 N–H and O–H groups in total. The molecule has 0 bridgehead atoms. The molecule has 3 aromatic rings. The van der Waals surface area contributed by atoms with Crippen molar-refractivity contribution < 1.29 is 8.78 Å². The molecule has 0 unspecified atom stereocenters. The van der Waals surface area contributed by atoms with E-state index in [4.69, 9.17) is 22.3 Å². The van der Waals surface area contributed by atoms with Crippen LogP contribution in [0.25, 0.3) is 33.9 Å². The van der Waals surface area contributed by atoms with E-state index in [1.165, 1.54) is 12.1 Å². The second-order valence-electron chi connectivity index (χ2n) is 10.5. The zero-order valence-corrected chi connectivity index (χ0v) is 22.0. The molecule has 1 saturated carbocycles. The van der Waals surface area contributed by atoms with Crippen molar-refractivity contribution in [1.29, 1.82) is 10.8 Å². The van der Waals surface area contributed by atoms with Gasteiger partial charge < -0.3 is 25.8 Å². The molecular weight excluding hydrogens is 512 g/mol. The highest BCUT2D eigenvalue weighted by Gasteiger charge is 2.32. The predicted octanol–water partition coefficient (Wildman–Crippen LogP) is 4.19. The largest absolute Gasteiger partial charge is 0.370 e. The summed E-state index contributed by atoms with van der Waals surface area (Å²) in [5, 5.41) is 23.9. The van der Waals surface area contributed by atoms with Gasteiger partial charge in [-0.1, -0.05) is 24.3 Å². The molecule has 1 aromatic heterocycles. The quantitative estimate of drug-likeness (QED) is 0.281. The molecule has 6 rings (SSSR count). The van der Waals surface area contributed by atoms with Crippen molar-refractivity contribution in [2.75, 3.05) is 26.2 Å². The Morgan fingerprint density at radius 3 is 1.52 bits per heavy atom. The Kier molecular flexibility index (Phi) is 6.57. The second kappa shape index (κ2) is 10.2. The Morgan fingerprint density at radius 2 is 1.20 bits per heavy atom. The van der Waals surface area contributed by atoms with Crippen molar-refractivity contribution in [3.05, 3.63) is 71.3 Å². The van der Waals surface area contributed by atoms with E-state index < -0.39 is 11.6 Å². The van der Waals surface area contributed by atoms with Crippen LogP contribution in [0.2, 0.25) is 0 Å². The summed E-state index contributed by atoms with van der Waals surface area (Å²) in [5.74, 6) is 0.0330. The molecule has 3 heterocycles. The maximum Gasteiger partial charge on any atom is 0.188 e. The van der Waals surface area contributed by atoms with Gasteiger partial charge in [-0.15, -0.1) is 10.2 Å². The standard InChI is InChI=1S/C29H31F2N9/c30-24-15-19(17-7-11-38(12-8-17)28(32)33)1-5-22(24)26-36-37-27(40(26)21-3-4-21)23-6-2-20(16-25(23)31)18-9-13-39(14-10-18)29(34)35/h1-2,5-7,9,15-16,21H,3-4,8,10-14H2,(H3,32,33)(H3,34,35). The van der Waals surface area contributed by atoms with Crippen LogP contribution >= 0.6 is 0 Å². The summed E-state index contributed by atoms with van der Waals surface area (Å²) in [6.07, 6.45) is 7.08. The Labute approximate surface area is 230 Å². The lowest BCUT2D eigenvalue weighted by atomic mass is 9.97. The van der Waals surface area contributed by atoms with Crippen LogP contribution in [0.4, 0.5) is 8.78 Å². The number of rotatable bonds is 5. The second-order valence-corrected chi connectivity index (χ2v) is 10.5. The fourth-order valence-electron chi connectivity index (χ4n) is 5.43. The van der Waals surface area contributed by atoms with Gasteiger partial charge in [-0.2, -0.15) is 0 Å². The van der Waals surface area contributed by atoms with E-state index in [0.717, 1.165) is 35.1 Å². The summed E-state index contributed by atoms with van der Waals surface area (Å²) >= 11 is 0. The highest BCUT2D eigenvalue weighted by Crippen LogP contribution is 2.42. The third kappa shape index (κ3) is 4.83. The third-order valence-electron chi connectivity index (χ3n) is 7.87. The van der Waals surface area contributed by atoms with Crippen LogP contribution in [0, 0.1) is 22.5 Å². The molecule has 0 radical (unpaired) electrons. The lowest BCUT2D eigenvalue weighted by Gasteiger charge is -2.26. The van der Waals surface area contributed by atoms with E-state index in [0.29, 0.717) is 61.8 Å². The Bertz CT molecular complexity index is 1460. The first-order valence-electron chi connectivity index (χ1n) is 13.4. The summed E-state index contributed by atoms with van der Waals surface area (Å²) in [7, 11) is 0. The maximum absolute atomic E-state index is 15.5. The number of nitrogens with one attached hydrogen (secondary N) is 2. The van der Waals surface area contributed by atoms with Gasteiger partial charge in [0.05, 0.1) is 11.1 Å². The first-order valence-corrected chi connectivity index (χ1v) is 13.4. The van der Waals surface area contributed by atoms with E-state index in [1.807, 2.05) is 28.9 Å². The molecule has 0 amide bonds. The molecule has 0 saturated heterocycles. The zero-order valence-electron chi connectivity index (χ0n) is 22.0. The predicted molar refractivity (Wildman–Crippen MR) is 151 cm³/mol. The van der Waals surface area contributed by atoms with Crippen LogP contribution in [0.3, 0.4) is 0 Å². The summed E-state index contributed by atoms with van der Waals surface area (Å²) in [6, 6.07) is 10.3. The zero-order chi connectivity index (χ0) is 28.0. The van der Waals surface area contributed by atoms with E-state index in [9.17, 15) is 0 Å². The van der Waals surface area contributed by atoms with Crippen molar-refractivity contribution >= 4 is 23.1 Å². The maximum atomic E-state index is 15.5. The summed E-state index contributed by atoms with van der Waals surface area (Å²) in [4.78, 5) is 3.52. The minimum absolute atomic E-state index is 0.0326. The van der Waals surface area contributed by atoms with Gasteiger partial charge in [-0.05, 0) is 72.2 Å². The number of halogens is 2. The molecule has 3 aliphatic rings. The van der Waals surface area contributed by atoms with Crippen LogP contribution in [0.15, 0.2) is 48.6 Å². The van der Waals surface area contributed by atoms with Gasteiger partial charge in [0.15, 0.2) is 23.6 Å². The average molecular weight is 544 g/mol. The molecule has 11 heteroatoms. The molecule has 9 nitrogen and oxygen atoms in total. The van der Waals surface area contributed by atoms with E-state index in [2.05, 4.69) is 10.2 Å². The first kappa shape index (κ1) is 25.7. The normalized spacial score (nSPS) is 17.4. The fraction of sp³-hybridized carbons (Fsp3) is 0.310. The lowest BCUT2D eigenvalue weighted by molar-refractivity contribution is 0.451. The van der Waals surface area contributed by atoms with Crippen molar-refractivity contribution in [3.8, 4) is 22.8 Å². The molecule has 2 aromatic carbocycles. The van der Waals surface area contributed by atoms with Crippen molar-refractivity contribution in [2.24, 2.45) is 11.5 Å². The van der Waals surface area contributed by atoms with Crippen LogP contribution in [0.5, 0.6) is 0 Å². The smallest absolute Gasteiger partial charge is 0.188 e. The van der Waals surface area contributed by atoms with Crippen molar-refractivity contribution in [3.63, 3.8) is 0 Å². The molecule has 1 fully saturated rings. The minimum atomic E-state index is -0.409. The van der Waals surface area contributed by atoms with Crippen LogP contribution in [0.1, 0.15) is 42.9 Å². The third-order valence-corrected chi connectivity index (χ3v) is 7.87. The molecule has 0 atom stereocenters. The van der Waals surface area contributed by atoms with E-state index in [1.54, 1.807) is 21.9 Å². The SMILES string of the molecule is N=C(N)N1CC=C(c2ccc(-c3nnc(-c4ccc(C5=CCN(C(=N)N)CC5)cc4F)n3C3CC3)c(F)c2)CC1. The van der Waals surface area contributed by atoms with Gasteiger partial charge >= 0.3 is 0 Å². The van der Waals surface area contributed by atoms with Crippen LogP contribution in [-0.4, -0.2) is 62.7 Å². The Hall–Kier alpha value is -4.54. The number of benzene rings is 2. The van der Waals surface area contributed by atoms with E-state index >= 15 is 8.78 Å². The molecule has 40 heavy (non-hydrogen) atoms. The summed E-state index contributed by atoms with van der Waals surface area (Å²) in [5.41, 5.74) is 15.4. The topological polar surface area (TPSA) is 137 Å². The number of nitrogens with zero attached hydrogens (tertiary/aromatic N) is 5. The Morgan fingerprint density at radius 1 is 0.750 bits per heavy atom. The van der Waals surface area contributed by atoms with Crippen molar-refractivity contribution in [2.45, 2.75) is 31.7 Å².